The smallest absolute Gasteiger partial charge is 0.224 e. The summed E-state index contributed by atoms with van der Waals surface area (Å²) in [4.78, 5) is 11.6. The van der Waals surface area contributed by atoms with Gasteiger partial charge in [-0.05, 0) is 47.5 Å². The van der Waals surface area contributed by atoms with Gasteiger partial charge in [-0.2, -0.15) is 0 Å². The van der Waals surface area contributed by atoms with E-state index in [-0.39, 0.29) is 12.0 Å². The first-order chi connectivity index (χ1) is 8.02. The third-order valence-electron chi connectivity index (χ3n) is 2.46. The average molecular weight is 301 g/mol. The molecular weight excluding hydrogens is 284 g/mol. The highest BCUT2D eigenvalue weighted by atomic mass is 79.9. The number of ether oxygens (including phenoxy) is 1. The molecule has 0 aromatic heterocycles. The van der Waals surface area contributed by atoms with E-state index in [0.29, 0.717) is 24.2 Å². The molecule has 5 heteroatoms. The van der Waals surface area contributed by atoms with Crippen molar-refractivity contribution >= 4 is 33.2 Å². The maximum atomic E-state index is 11.6. The van der Waals surface area contributed by atoms with E-state index in [0.717, 1.165) is 4.47 Å². The van der Waals surface area contributed by atoms with Crippen LogP contribution in [-0.4, -0.2) is 19.1 Å². The van der Waals surface area contributed by atoms with Gasteiger partial charge in [-0.15, -0.1) is 0 Å². The molecule has 0 aliphatic carbocycles. The molecule has 1 rings (SSSR count). The Morgan fingerprint density at radius 1 is 1.59 bits per heavy atom. The molecule has 0 bridgehead atoms. The molecule has 1 atom stereocenters. The second-order valence-electron chi connectivity index (χ2n) is 3.87. The number of hydrogen-bond donors (Lipinski definition) is 2. The lowest BCUT2D eigenvalue weighted by Crippen LogP contribution is -2.15. The summed E-state index contributed by atoms with van der Waals surface area (Å²) in [5.74, 6) is -0.0318. The number of carbonyl (C=O) groups is 1. The van der Waals surface area contributed by atoms with Gasteiger partial charge in [-0.3, -0.25) is 4.79 Å². The second-order valence-corrected chi connectivity index (χ2v) is 4.72. The van der Waals surface area contributed by atoms with E-state index in [4.69, 9.17) is 10.5 Å². The van der Waals surface area contributed by atoms with Gasteiger partial charge < -0.3 is 15.8 Å². The van der Waals surface area contributed by atoms with Crippen LogP contribution in [0.5, 0.6) is 0 Å². The quantitative estimate of drug-likeness (QED) is 0.822. The summed E-state index contributed by atoms with van der Waals surface area (Å²) >= 11 is 3.30. The van der Waals surface area contributed by atoms with Crippen LogP contribution in [0, 0.1) is 0 Å². The first kappa shape index (κ1) is 14.0. The van der Waals surface area contributed by atoms with Gasteiger partial charge in [-0.1, -0.05) is 0 Å². The van der Waals surface area contributed by atoms with Crippen molar-refractivity contribution in [3.05, 3.63) is 22.7 Å². The van der Waals surface area contributed by atoms with Crippen molar-refractivity contribution in [3.8, 4) is 0 Å². The Bertz CT molecular complexity index is 396. The normalized spacial score (nSPS) is 12.2. The Labute approximate surface area is 110 Å². The molecule has 1 amide bonds. The SMILES string of the molecule is COC(C)CCC(=O)Nc1ccc(Br)c(N)c1. The van der Waals surface area contributed by atoms with Crippen molar-refractivity contribution in [2.24, 2.45) is 0 Å². The summed E-state index contributed by atoms with van der Waals surface area (Å²) in [6, 6.07) is 5.34. The monoisotopic (exact) mass is 300 g/mol. The Morgan fingerprint density at radius 2 is 2.29 bits per heavy atom. The summed E-state index contributed by atoms with van der Waals surface area (Å²) in [5, 5.41) is 2.79. The molecule has 0 fully saturated rings. The van der Waals surface area contributed by atoms with Crippen LogP contribution in [0.15, 0.2) is 22.7 Å². The Morgan fingerprint density at radius 3 is 2.88 bits per heavy atom. The van der Waals surface area contributed by atoms with E-state index >= 15 is 0 Å². The number of carbonyl (C=O) groups excluding carboxylic acids is 1. The molecule has 1 unspecified atom stereocenters. The Balaban J connectivity index is 2.48. The fourth-order valence-corrected chi connectivity index (χ4v) is 1.54. The molecule has 0 saturated heterocycles. The van der Waals surface area contributed by atoms with Crippen LogP contribution >= 0.6 is 15.9 Å². The zero-order chi connectivity index (χ0) is 12.8. The van der Waals surface area contributed by atoms with E-state index in [1.807, 2.05) is 13.0 Å². The number of hydrogen-bond acceptors (Lipinski definition) is 3. The van der Waals surface area contributed by atoms with Crippen molar-refractivity contribution in [1.82, 2.24) is 0 Å². The molecule has 1 aromatic carbocycles. The number of methoxy groups -OCH3 is 1. The predicted molar refractivity (Wildman–Crippen MR) is 72.9 cm³/mol. The van der Waals surface area contributed by atoms with Crippen LogP contribution in [-0.2, 0) is 9.53 Å². The number of anilines is 2. The fourth-order valence-electron chi connectivity index (χ4n) is 1.30. The number of nitrogens with one attached hydrogen (secondary N) is 1. The Kier molecular flexibility index (Phi) is 5.44. The lowest BCUT2D eigenvalue weighted by molar-refractivity contribution is -0.116. The van der Waals surface area contributed by atoms with Gasteiger partial charge in [-0.25, -0.2) is 0 Å². The number of nitrogen functional groups attached to an aromatic ring is 1. The molecule has 0 spiro atoms. The minimum atomic E-state index is -0.0318. The summed E-state index contributed by atoms with van der Waals surface area (Å²) in [7, 11) is 1.64. The lowest BCUT2D eigenvalue weighted by Gasteiger charge is -2.10. The topological polar surface area (TPSA) is 64.3 Å². The molecule has 0 radical (unpaired) electrons. The highest BCUT2D eigenvalue weighted by Gasteiger charge is 2.06. The van der Waals surface area contributed by atoms with Gasteiger partial charge in [0, 0.05) is 29.4 Å². The first-order valence-corrected chi connectivity index (χ1v) is 6.20. The van der Waals surface area contributed by atoms with Crippen LogP contribution in [0.3, 0.4) is 0 Å². The average Bonchev–Trinajstić information content (AvgIpc) is 2.31. The highest BCUT2D eigenvalue weighted by molar-refractivity contribution is 9.10. The molecule has 0 heterocycles. The number of benzene rings is 1. The van der Waals surface area contributed by atoms with Crippen molar-refractivity contribution in [2.45, 2.75) is 25.9 Å². The molecule has 17 heavy (non-hydrogen) atoms. The Hall–Kier alpha value is -1.07. The van der Waals surface area contributed by atoms with Gasteiger partial charge in [0.25, 0.3) is 0 Å². The van der Waals surface area contributed by atoms with Crippen LogP contribution in [0.2, 0.25) is 0 Å². The van der Waals surface area contributed by atoms with Crippen LogP contribution in [0.25, 0.3) is 0 Å². The van der Waals surface area contributed by atoms with Gasteiger partial charge in [0.05, 0.1) is 6.10 Å². The largest absolute Gasteiger partial charge is 0.398 e. The fraction of sp³-hybridized carbons (Fsp3) is 0.417. The van der Waals surface area contributed by atoms with Crippen molar-refractivity contribution in [3.63, 3.8) is 0 Å². The second kappa shape index (κ2) is 6.61. The summed E-state index contributed by atoms with van der Waals surface area (Å²) < 4.78 is 5.90. The standard InChI is InChI=1S/C12H17BrN2O2/c1-8(17-2)3-6-12(16)15-9-4-5-10(13)11(14)7-9/h4-5,7-8H,3,6,14H2,1-2H3,(H,15,16). The minimum Gasteiger partial charge on any atom is -0.398 e. The zero-order valence-electron chi connectivity index (χ0n) is 10.00. The van der Waals surface area contributed by atoms with Gasteiger partial charge >= 0.3 is 0 Å². The van der Waals surface area contributed by atoms with E-state index in [9.17, 15) is 4.79 Å². The molecule has 0 saturated carbocycles. The maximum Gasteiger partial charge on any atom is 0.224 e. The predicted octanol–water partition coefficient (Wildman–Crippen LogP) is 2.78. The molecule has 0 aliphatic rings. The van der Waals surface area contributed by atoms with Gasteiger partial charge in [0.15, 0.2) is 0 Å². The van der Waals surface area contributed by atoms with Crippen LogP contribution in [0.1, 0.15) is 19.8 Å². The molecule has 4 nitrogen and oxygen atoms in total. The zero-order valence-corrected chi connectivity index (χ0v) is 11.6. The number of rotatable bonds is 5. The van der Waals surface area contributed by atoms with Crippen LogP contribution in [0.4, 0.5) is 11.4 Å². The van der Waals surface area contributed by atoms with E-state index in [1.165, 1.54) is 0 Å². The summed E-state index contributed by atoms with van der Waals surface area (Å²) in [6.07, 6.45) is 1.23. The molecule has 94 valence electrons. The van der Waals surface area contributed by atoms with Crippen molar-refractivity contribution < 1.29 is 9.53 Å². The lowest BCUT2D eigenvalue weighted by atomic mass is 10.2. The molecule has 0 aliphatic heterocycles. The third-order valence-corrected chi connectivity index (χ3v) is 3.18. The van der Waals surface area contributed by atoms with E-state index in [2.05, 4.69) is 21.2 Å². The molecule has 1 aromatic rings. The van der Waals surface area contributed by atoms with Crippen molar-refractivity contribution in [1.29, 1.82) is 0 Å². The number of halogens is 1. The van der Waals surface area contributed by atoms with Crippen LogP contribution < -0.4 is 11.1 Å². The highest BCUT2D eigenvalue weighted by Crippen LogP contribution is 2.23. The molecule has 3 N–H and O–H groups in total. The number of nitrogens with two attached hydrogens (primary N) is 1. The third kappa shape index (κ3) is 4.75. The van der Waals surface area contributed by atoms with Gasteiger partial charge in [0.2, 0.25) is 5.91 Å². The summed E-state index contributed by atoms with van der Waals surface area (Å²) in [6.45, 7) is 1.94. The minimum absolute atomic E-state index is 0.0318. The molecular formula is C12H17BrN2O2. The van der Waals surface area contributed by atoms with Gasteiger partial charge in [0.1, 0.15) is 0 Å². The maximum absolute atomic E-state index is 11.6. The van der Waals surface area contributed by atoms with Crippen molar-refractivity contribution in [2.75, 3.05) is 18.2 Å². The summed E-state index contributed by atoms with van der Waals surface area (Å²) in [5.41, 5.74) is 7.04. The van der Waals surface area contributed by atoms with E-state index < -0.39 is 0 Å². The first-order valence-electron chi connectivity index (χ1n) is 5.40. The van der Waals surface area contributed by atoms with E-state index in [1.54, 1.807) is 19.2 Å². The number of amides is 1.